The van der Waals surface area contributed by atoms with E-state index in [9.17, 15) is 9.59 Å². The zero-order valence-corrected chi connectivity index (χ0v) is 23.5. The molecule has 39 heavy (non-hydrogen) atoms. The lowest BCUT2D eigenvalue weighted by Gasteiger charge is -2.38. The summed E-state index contributed by atoms with van der Waals surface area (Å²) in [6.07, 6.45) is 4.19. The van der Waals surface area contributed by atoms with Crippen molar-refractivity contribution in [3.63, 3.8) is 0 Å². The van der Waals surface area contributed by atoms with Crippen LogP contribution in [0.1, 0.15) is 62.9 Å². The Morgan fingerprint density at radius 2 is 1.82 bits per heavy atom. The molecule has 5 rings (SSSR count). The number of hydrogen-bond acceptors (Lipinski definition) is 6. The Bertz CT molecular complexity index is 1610. The second-order valence-electron chi connectivity index (χ2n) is 11.3. The van der Waals surface area contributed by atoms with Crippen LogP contribution in [0.2, 0.25) is 0 Å². The van der Waals surface area contributed by atoms with Crippen molar-refractivity contribution in [2.75, 3.05) is 13.1 Å². The van der Waals surface area contributed by atoms with Crippen molar-refractivity contribution < 1.29 is 9.15 Å². The number of aryl methyl sites for hydroxylation is 3. The fourth-order valence-electron chi connectivity index (χ4n) is 5.81. The number of ether oxygens (including phenoxy) is 1. The fraction of sp³-hybridized carbons (Fsp3) is 0.406. The molecular weight excluding hydrogens is 490 g/mol. The number of H-pyrrole nitrogens is 1. The summed E-state index contributed by atoms with van der Waals surface area (Å²) in [6, 6.07) is 13.4. The Morgan fingerprint density at radius 3 is 2.51 bits per heavy atom. The number of aromatic amines is 1. The van der Waals surface area contributed by atoms with Crippen molar-refractivity contribution in [3.8, 4) is 22.8 Å². The first-order valence-corrected chi connectivity index (χ1v) is 13.9. The number of nitrogens with one attached hydrogen (secondary N) is 1. The summed E-state index contributed by atoms with van der Waals surface area (Å²) in [5.74, 6) is 0.427. The standard InChI is InChI=1S/C32H37N3O4/c1-6-21-10-8-11-22(7-2)29(21)26-17-28(25(20(3)33-26)18-35-15-9-14-32(4,5)19-35)38-23-12-13-24-27(16-23)39-31(37)34-30(24)36/h8,10-13,16-17H,6-7,9,14-15,18-19H2,1-5H3,(H,34,36,37). The Hall–Kier alpha value is -3.71. The smallest absolute Gasteiger partial charge is 0.419 e. The van der Waals surface area contributed by atoms with E-state index in [1.54, 1.807) is 18.2 Å². The summed E-state index contributed by atoms with van der Waals surface area (Å²) < 4.78 is 11.8. The predicted molar refractivity (Wildman–Crippen MR) is 155 cm³/mol. The lowest BCUT2D eigenvalue weighted by atomic mass is 9.84. The summed E-state index contributed by atoms with van der Waals surface area (Å²) in [4.78, 5) is 33.8. The highest BCUT2D eigenvalue weighted by Crippen LogP contribution is 2.37. The van der Waals surface area contributed by atoms with Crippen LogP contribution < -0.4 is 16.1 Å². The molecule has 7 heteroatoms. The average molecular weight is 528 g/mol. The molecule has 0 radical (unpaired) electrons. The van der Waals surface area contributed by atoms with E-state index in [2.05, 4.69) is 62.7 Å². The Labute approximate surface area is 228 Å². The molecule has 3 heterocycles. The van der Waals surface area contributed by atoms with Gasteiger partial charge in [0.2, 0.25) is 0 Å². The molecule has 0 saturated carbocycles. The van der Waals surface area contributed by atoms with E-state index in [1.807, 2.05) is 6.07 Å². The van der Waals surface area contributed by atoms with Crippen LogP contribution in [0.5, 0.6) is 11.5 Å². The van der Waals surface area contributed by atoms with Crippen molar-refractivity contribution in [1.29, 1.82) is 0 Å². The number of aromatic nitrogens is 2. The Balaban J connectivity index is 1.63. The molecule has 0 spiro atoms. The van der Waals surface area contributed by atoms with Gasteiger partial charge in [-0.1, -0.05) is 45.9 Å². The van der Waals surface area contributed by atoms with Gasteiger partial charge in [-0.3, -0.25) is 19.7 Å². The molecule has 1 aliphatic rings. The first-order valence-electron chi connectivity index (χ1n) is 13.9. The van der Waals surface area contributed by atoms with E-state index in [1.165, 1.54) is 17.5 Å². The molecule has 2 aromatic carbocycles. The van der Waals surface area contributed by atoms with Gasteiger partial charge in [0.1, 0.15) is 17.1 Å². The van der Waals surface area contributed by atoms with Crippen LogP contribution in [0, 0.1) is 12.3 Å². The van der Waals surface area contributed by atoms with Crippen molar-refractivity contribution >= 4 is 11.0 Å². The third-order valence-electron chi connectivity index (χ3n) is 7.75. The maximum absolute atomic E-state index is 12.2. The first kappa shape index (κ1) is 26.9. The highest BCUT2D eigenvalue weighted by Gasteiger charge is 2.28. The summed E-state index contributed by atoms with van der Waals surface area (Å²) in [5.41, 5.74) is 6.51. The van der Waals surface area contributed by atoms with Crippen molar-refractivity contribution in [3.05, 3.63) is 85.8 Å². The maximum Gasteiger partial charge on any atom is 0.419 e. The third-order valence-corrected chi connectivity index (χ3v) is 7.75. The predicted octanol–water partition coefficient (Wildman–Crippen LogP) is 6.39. The van der Waals surface area contributed by atoms with Crippen molar-refractivity contribution in [1.82, 2.24) is 14.9 Å². The zero-order valence-electron chi connectivity index (χ0n) is 23.5. The normalized spacial score (nSPS) is 15.5. The molecule has 1 saturated heterocycles. The maximum atomic E-state index is 12.2. The number of likely N-dealkylation sites (tertiary alicyclic amines) is 1. The average Bonchev–Trinajstić information content (AvgIpc) is 2.89. The summed E-state index contributed by atoms with van der Waals surface area (Å²) in [7, 11) is 0. The molecule has 1 fully saturated rings. The van der Waals surface area contributed by atoms with Crippen molar-refractivity contribution in [2.45, 2.75) is 66.8 Å². The van der Waals surface area contributed by atoms with E-state index in [4.69, 9.17) is 14.1 Å². The van der Waals surface area contributed by atoms with Crippen LogP contribution in [-0.4, -0.2) is 28.0 Å². The number of nitrogens with zero attached hydrogens (tertiary/aromatic N) is 2. The molecule has 0 bridgehead atoms. The number of piperidine rings is 1. The Morgan fingerprint density at radius 1 is 1.08 bits per heavy atom. The van der Waals surface area contributed by atoms with Crippen LogP contribution in [0.15, 0.2) is 56.5 Å². The van der Waals surface area contributed by atoms with Gasteiger partial charge in [-0.25, -0.2) is 4.79 Å². The molecule has 4 aromatic rings. The largest absolute Gasteiger partial charge is 0.457 e. The fourth-order valence-corrected chi connectivity index (χ4v) is 5.81. The molecule has 204 valence electrons. The van der Waals surface area contributed by atoms with Gasteiger partial charge in [-0.2, -0.15) is 0 Å². The minimum absolute atomic E-state index is 0.191. The summed E-state index contributed by atoms with van der Waals surface area (Å²) in [6.45, 7) is 13.8. The minimum Gasteiger partial charge on any atom is -0.457 e. The summed E-state index contributed by atoms with van der Waals surface area (Å²) >= 11 is 0. The lowest BCUT2D eigenvalue weighted by molar-refractivity contribution is 0.111. The number of pyridine rings is 1. The van der Waals surface area contributed by atoms with Gasteiger partial charge in [0.05, 0.1) is 11.1 Å². The van der Waals surface area contributed by atoms with Crippen LogP contribution in [-0.2, 0) is 19.4 Å². The molecule has 0 amide bonds. The van der Waals surface area contributed by atoms with E-state index >= 15 is 0 Å². The highest BCUT2D eigenvalue weighted by molar-refractivity contribution is 5.77. The number of fused-ring (bicyclic) bond motifs is 1. The van der Waals surface area contributed by atoms with Gasteiger partial charge in [0.25, 0.3) is 5.56 Å². The van der Waals surface area contributed by atoms with Gasteiger partial charge in [0, 0.05) is 42.0 Å². The van der Waals surface area contributed by atoms with Gasteiger partial charge < -0.3 is 9.15 Å². The Kier molecular flexibility index (Phi) is 7.45. The van der Waals surface area contributed by atoms with Crippen LogP contribution >= 0.6 is 0 Å². The quantitative estimate of drug-likeness (QED) is 0.300. The van der Waals surface area contributed by atoms with Gasteiger partial charge in [-0.15, -0.1) is 0 Å². The van der Waals surface area contributed by atoms with Crippen LogP contribution in [0.25, 0.3) is 22.2 Å². The molecule has 7 nitrogen and oxygen atoms in total. The van der Waals surface area contributed by atoms with Gasteiger partial charge in [-0.05, 0) is 67.8 Å². The number of benzene rings is 2. The minimum atomic E-state index is -0.789. The number of hydrogen-bond donors (Lipinski definition) is 1. The van der Waals surface area contributed by atoms with Crippen molar-refractivity contribution in [2.24, 2.45) is 5.41 Å². The van der Waals surface area contributed by atoms with E-state index < -0.39 is 11.3 Å². The molecular formula is C32H37N3O4. The third kappa shape index (κ3) is 5.69. The van der Waals surface area contributed by atoms with E-state index in [0.717, 1.165) is 67.2 Å². The first-order chi connectivity index (χ1) is 18.7. The number of rotatable bonds is 7. The molecule has 2 aromatic heterocycles. The van der Waals surface area contributed by atoms with Crippen LogP contribution in [0.3, 0.4) is 0 Å². The molecule has 0 aliphatic carbocycles. The van der Waals surface area contributed by atoms with E-state index in [-0.39, 0.29) is 11.0 Å². The van der Waals surface area contributed by atoms with Gasteiger partial charge >= 0.3 is 5.76 Å². The second-order valence-corrected chi connectivity index (χ2v) is 11.3. The van der Waals surface area contributed by atoms with Gasteiger partial charge in [0.15, 0.2) is 0 Å². The van der Waals surface area contributed by atoms with Crippen LogP contribution in [0.4, 0.5) is 0 Å². The SMILES string of the molecule is CCc1cccc(CC)c1-c1cc(Oc2ccc3c(=O)[nH]c(=O)oc3c2)c(CN2CCCC(C)(C)C2)c(C)n1. The summed E-state index contributed by atoms with van der Waals surface area (Å²) in [5, 5.41) is 0.300. The molecule has 1 aliphatic heterocycles. The lowest BCUT2D eigenvalue weighted by Crippen LogP contribution is -2.39. The van der Waals surface area contributed by atoms with E-state index in [0.29, 0.717) is 11.1 Å². The monoisotopic (exact) mass is 527 g/mol. The molecule has 0 atom stereocenters. The zero-order chi connectivity index (χ0) is 27.7. The highest BCUT2D eigenvalue weighted by atomic mass is 16.5. The second kappa shape index (κ2) is 10.8. The molecule has 1 N–H and O–H groups in total. The topological polar surface area (TPSA) is 88.4 Å². The molecule has 0 unspecified atom stereocenters.